The number of carbonyl (C=O) groups is 2. The van der Waals surface area contributed by atoms with Gasteiger partial charge in [-0.15, -0.1) is 0 Å². The lowest BCUT2D eigenvalue weighted by Gasteiger charge is -2.02. The average Bonchev–Trinajstić information content (AvgIpc) is 2.58. The lowest BCUT2D eigenvalue weighted by Crippen LogP contribution is -2.11. The van der Waals surface area contributed by atoms with Gasteiger partial charge in [0.05, 0.1) is 14.2 Å². The summed E-state index contributed by atoms with van der Waals surface area (Å²) in [5, 5.41) is 0. The minimum absolute atomic E-state index is 0.177. The van der Waals surface area contributed by atoms with Crippen LogP contribution in [-0.4, -0.2) is 36.5 Å². The number of carbonyl (C=O) groups excluding carboxylic acids is 2. The van der Waals surface area contributed by atoms with Gasteiger partial charge in [-0.05, 0) is 15.9 Å². The maximum Gasteiger partial charge on any atom is 0.515 e. The number of imidazole rings is 1. The predicted octanol–water partition coefficient (Wildman–Crippen LogP) is 1.46. The molecular weight excluding hydrogens is 288 g/mol. The third-order valence-corrected chi connectivity index (χ3v) is 1.68. The van der Waals surface area contributed by atoms with Crippen LogP contribution in [0.2, 0.25) is 0 Å². The normalized spacial score (nSPS) is 9.44. The Morgan fingerprint density at radius 1 is 1.19 bits per heavy atom. The summed E-state index contributed by atoms with van der Waals surface area (Å²) >= 11 is 2.98. The summed E-state index contributed by atoms with van der Waals surface area (Å²) < 4.78 is 17.9. The first-order valence-corrected chi connectivity index (χ1v) is 4.63. The van der Waals surface area contributed by atoms with Crippen molar-refractivity contribution >= 4 is 28.2 Å². The van der Waals surface area contributed by atoms with Gasteiger partial charge >= 0.3 is 12.3 Å². The van der Waals surface area contributed by atoms with Gasteiger partial charge in [-0.3, -0.25) is 4.98 Å². The summed E-state index contributed by atoms with van der Waals surface area (Å²) in [4.78, 5) is 27.8. The van der Waals surface area contributed by atoms with Crippen LogP contribution in [0.15, 0.2) is 4.73 Å². The number of aromatic nitrogens is 2. The zero-order valence-corrected chi connectivity index (χ0v) is 9.86. The highest BCUT2D eigenvalue weighted by atomic mass is 79.9. The lowest BCUT2D eigenvalue weighted by molar-refractivity contribution is 0.108. The topological polar surface area (TPSA) is 99.7 Å². The van der Waals surface area contributed by atoms with Crippen LogP contribution >= 0.6 is 15.9 Å². The van der Waals surface area contributed by atoms with Crippen molar-refractivity contribution in [2.45, 2.75) is 0 Å². The van der Waals surface area contributed by atoms with Gasteiger partial charge in [-0.2, -0.15) is 4.98 Å². The monoisotopic (exact) mass is 294 g/mol. The molecule has 0 unspecified atom stereocenters. The van der Waals surface area contributed by atoms with E-state index >= 15 is 0 Å². The van der Waals surface area contributed by atoms with Gasteiger partial charge in [0.1, 0.15) is 0 Å². The van der Waals surface area contributed by atoms with Crippen LogP contribution in [0.5, 0.6) is 11.8 Å². The smallest absolute Gasteiger partial charge is 0.437 e. The van der Waals surface area contributed by atoms with E-state index in [0.29, 0.717) is 0 Å². The zero-order valence-electron chi connectivity index (χ0n) is 8.27. The number of hydrogen-bond acceptors (Lipinski definition) is 7. The van der Waals surface area contributed by atoms with E-state index in [1.165, 1.54) is 0 Å². The lowest BCUT2D eigenvalue weighted by atomic mass is 10.8. The fourth-order valence-electron chi connectivity index (χ4n) is 0.699. The molecule has 88 valence electrons. The molecule has 0 aliphatic heterocycles. The quantitative estimate of drug-likeness (QED) is 0.824. The second-order valence-electron chi connectivity index (χ2n) is 2.27. The zero-order chi connectivity index (χ0) is 12.1. The Bertz CT molecular complexity index is 368. The number of ether oxygens (including phenoxy) is 4. The van der Waals surface area contributed by atoms with E-state index in [1.54, 1.807) is 0 Å². The van der Waals surface area contributed by atoms with Crippen LogP contribution in [0.4, 0.5) is 9.59 Å². The van der Waals surface area contributed by atoms with Crippen LogP contribution in [0.3, 0.4) is 0 Å². The molecule has 1 aromatic rings. The first kappa shape index (κ1) is 12.3. The highest BCUT2D eigenvalue weighted by Gasteiger charge is 2.19. The van der Waals surface area contributed by atoms with Crippen molar-refractivity contribution in [1.82, 2.24) is 9.97 Å². The highest BCUT2D eigenvalue weighted by molar-refractivity contribution is 9.10. The number of halogens is 1. The molecule has 1 aromatic heterocycles. The van der Waals surface area contributed by atoms with Gasteiger partial charge < -0.3 is 18.9 Å². The Labute approximate surface area is 98.0 Å². The molecular formula is C7H7BrN2O6. The van der Waals surface area contributed by atoms with E-state index in [9.17, 15) is 9.59 Å². The summed E-state index contributed by atoms with van der Waals surface area (Å²) in [7, 11) is 2.26. The van der Waals surface area contributed by atoms with Gasteiger partial charge in [-0.25, -0.2) is 9.59 Å². The van der Waals surface area contributed by atoms with E-state index < -0.39 is 12.3 Å². The molecule has 0 aliphatic carbocycles. The molecule has 0 aliphatic rings. The van der Waals surface area contributed by atoms with Crippen molar-refractivity contribution < 1.29 is 28.5 Å². The molecule has 9 heteroatoms. The molecule has 0 fully saturated rings. The number of nitrogens with zero attached hydrogens (tertiary/aromatic N) is 1. The van der Waals surface area contributed by atoms with E-state index in [0.717, 1.165) is 14.2 Å². The Morgan fingerprint density at radius 2 is 1.75 bits per heavy atom. The fourth-order valence-corrected chi connectivity index (χ4v) is 1.04. The standard InChI is InChI=1S/C7H7BrN2O6/c1-13-6(11)15-3-4(10-5(8)9-3)16-7(12)14-2/h1-2H3,(H,9,10). The largest absolute Gasteiger partial charge is 0.515 e. The minimum atomic E-state index is -0.992. The molecule has 1 rings (SSSR count). The second-order valence-corrected chi connectivity index (χ2v) is 3.03. The van der Waals surface area contributed by atoms with E-state index in [-0.39, 0.29) is 16.5 Å². The summed E-state index contributed by atoms with van der Waals surface area (Å²) in [6.07, 6.45) is -1.97. The van der Waals surface area contributed by atoms with Crippen LogP contribution < -0.4 is 9.47 Å². The van der Waals surface area contributed by atoms with Gasteiger partial charge in [0.15, 0.2) is 4.73 Å². The Morgan fingerprint density at radius 3 is 2.31 bits per heavy atom. The average molecular weight is 295 g/mol. The predicted molar refractivity (Wildman–Crippen MR) is 52.4 cm³/mol. The third-order valence-electron chi connectivity index (χ3n) is 1.31. The Hall–Kier alpha value is -1.77. The second kappa shape index (κ2) is 5.35. The van der Waals surface area contributed by atoms with E-state index in [1.807, 2.05) is 0 Å². The van der Waals surface area contributed by atoms with Crippen LogP contribution in [0.25, 0.3) is 0 Å². The van der Waals surface area contributed by atoms with Gasteiger partial charge in [0, 0.05) is 0 Å². The van der Waals surface area contributed by atoms with E-state index in [2.05, 4.69) is 44.8 Å². The summed E-state index contributed by atoms with van der Waals surface area (Å²) in [6, 6.07) is 0. The number of H-pyrrole nitrogens is 1. The molecule has 0 amide bonds. The molecule has 0 spiro atoms. The van der Waals surface area contributed by atoms with Crippen molar-refractivity contribution in [1.29, 1.82) is 0 Å². The molecule has 0 aromatic carbocycles. The first-order chi connectivity index (χ1) is 7.56. The minimum Gasteiger partial charge on any atom is -0.437 e. The molecule has 0 saturated carbocycles. The fraction of sp³-hybridized carbons (Fsp3) is 0.286. The van der Waals surface area contributed by atoms with Crippen LogP contribution in [0, 0.1) is 0 Å². The highest BCUT2D eigenvalue weighted by Crippen LogP contribution is 2.26. The number of aromatic amines is 1. The van der Waals surface area contributed by atoms with Crippen LogP contribution in [0.1, 0.15) is 0 Å². The van der Waals surface area contributed by atoms with Crippen molar-refractivity contribution in [2.24, 2.45) is 0 Å². The maximum atomic E-state index is 10.8. The van der Waals surface area contributed by atoms with Crippen molar-refractivity contribution in [3.05, 3.63) is 4.73 Å². The van der Waals surface area contributed by atoms with Gasteiger partial charge in [0.25, 0.3) is 11.8 Å². The Kier molecular flexibility index (Phi) is 4.11. The van der Waals surface area contributed by atoms with Crippen LogP contribution in [-0.2, 0) is 9.47 Å². The number of methoxy groups -OCH3 is 2. The third kappa shape index (κ3) is 3.12. The van der Waals surface area contributed by atoms with E-state index in [4.69, 9.17) is 0 Å². The molecule has 0 bridgehead atoms. The van der Waals surface area contributed by atoms with Crippen molar-refractivity contribution in [2.75, 3.05) is 14.2 Å². The SMILES string of the molecule is COC(=O)Oc1nc(Br)[nH]c1OC(=O)OC. The molecule has 0 atom stereocenters. The molecule has 0 saturated heterocycles. The summed E-state index contributed by atoms with van der Waals surface area (Å²) in [6.45, 7) is 0. The molecule has 0 radical (unpaired) electrons. The Balaban J connectivity index is 2.82. The number of rotatable bonds is 2. The van der Waals surface area contributed by atoms with Gasteiger partial charge in [-0.1, -0.05) is 0 Å². The van der Waals surface area contributed by atoms with Crippen molar-refractivity contribution in [3.63, 3.8) is 0 Å². The number of hydrogen-bond donors (Lipinski definition) is 1. The molecule has 8 nitrogen and oxygen atoms in total. The first-order valence-electron chi connectivity index (χ1n) is 3.84. The molecule has 1 heterocycles. The maximum absolute atomic E-state index is 10.8. The number of nitrogens with one attached hydrogen (secondary N) is 1. The van der Waals surface area contributed by atoms with Gasteiger partial charge in [0.2, 0.25) is 0 Å². The summed E-state index contributed by atoms with van der Waals surface area (Å²) in [5.74, 6) is -0.423. The molecule has 1 N–H and O–H groups in total. The van der Waals surface area contributed by atoms with Crippen molar-refractivity contribution in [3.8, 4) is 11.8 Å². The molecule has 16 heavy (non-hydrogen) atoms. The summed E-state index contributed by atoms with van der Waals surface area (Å²) in [5.41, 5.74) is 0.